The molecule has 2 aromatic rings. The number of nitrogens with zero attached hydrogens (tertiary/aromatic N) is 1. The summed E-state index contributed by atoms with van der Waals surface area (Å²) in [5.41, 5.74) is 2.85. The number of halogens is 1. The molecule has 86 valence electrons. The lowest BCUT2D eigenvalue weighted by Crippen LogP contribution is -1.94. The average molecular weight is 284 g/mol. The second-order valence-electron chi connectivity index (χ2n) is 3.57. The number of benzene rings is 1. The molecule has 1 heterocycles. The maximum Gasteiger partial charge on any atom is 0.173 e. The van der Waals surface area contributed by atoms with E-state index < -0.39 is 0 Å². The predicted octanol–water partition coefficient (Wildman–Crippen LogP) is 3.47. The number of hydrogen-bond acceptors (Lipinski definition) is 3. The summed E-state index contributed by atoms with van der Waals surface area (Å²) in [5.74, 6) is 0.872. The van der Waals surface area contributed by atoms with Gasteiger partial charge in [0.15, 0.2) is 5.58 Å². The maximum atomic E-state index is 5.52. The van der Waals surface area contributed by atoms with Crippen LogP contribution in [-0.2, 0) is 6.42 Å². The molecule has 0 aliphatic carbocycles. The Kier molecular flexibility index (Phi) is 3.49. The number of ether oxygens (including phenoxy) is 1. The Bertz CT molecular complexity index is 493. The smallest absolute Gasteiger partial charge is 0.173 e. The van der Waals surface area contributed by atoms with E-state index in [-0.39, 0.29) is 0 Å². The standard InChI is InChI=1S/C12H14BrNO2/c1-3-15-11-5-4-9-10(6-7-13)14-16-12(9)8(11)2/h4-5H,3,6-7H2,1-2H3. The number of hydrogen-bond donors (Lipinski definition) is 0. The van der Waals surface area contributed by atoms with Gasteiger partial charge in [0.2, 0.25) is 0 Å². The number of fused-ring (bicyclic) bond motifs is 1. The molecule has 0 saturated heterocycles. The first-order valence-electron chi connectivity index (χ1n) is 5.34. The molecular formula is C12H14BrNO2. The van der Waals surface area contributed by atoms with Crippen molar-refractivity contribution in [3.05, 3.63) is 23.4 Å². The van der Waals surface area contributed by atoms with E-state index in [1.807, 2.05) is 26.0 Å². The SMILES string of the molecule is CCOc1ccc2c(CCBr)noc2c1C. The van der Waals surface area contributed by atoms with Gasteiger partial charge in [-0.1, -0.05) is 21.1 Å². The monoisotopic (exact) mass is 283 g/mol. The van der Waals surface area contributed by atoms with Crippen molar-refractivity contribution in [3.8, 4) is 5.75 Å². The molecule has 4 heteroatoms. The lowest BCUT2D eigenvalue weighted by atomic mass is 10.1. The molecule has 0 saturated carbocycles. The highest BCUT2D eigenvalue weighted by molar-refractivity contribution is 9.09. The molecule has 0 unspecified atom stereocenters. The number of alkyl halides is 1. The van der Waals surface area contributed by atoms with Crippen LogP contribution in [0.15, 0.2) is 16.7 Å². The Morgan fingerprint density at radius 3 is 2.94 bits per heavy atom. The first kappa shape index (κ1) is 11.5. The lowest BCUT2D eigenvalue weighted by molar-refractivity contribution is 0.337. The van der Waals surface area contributed by atoms with Crippen molar-refractivity contribution in [1.29, 1.82) is 0 Å². The van der Waals surface area contributed by atoms with E-state index >= 15 is 0 Å². The van der Waals surface area contributed by atoms with Gasteiger partial charge in [-0.15, -0.1) is 0 Å². The minimum Gasteiger partial charge on any atom is -0.493 e. The van der Waals surface area contributed by atoms with E-state index in [9.17, 15) is 0 Å². The molecule has 3 nitrogen and oxygen atoms in total. The van der Waals surface area contributed by atoms with Crippen molar-refractivity contribution >= 4 is 26.9 Å². The molecule has 0 N–H and O–H groups in total. The van der Waals surface area contributed by atoms with E-state index in [4.69, 9.17) is 9.26 Å². The normalized spacial score (nSPS) is 10.9. The van der Waals surface area contributed by atoms with E-state index in [1.54, 1.807) is 0 Å². The molecule has 1 aromatic heterocycles. The molecule has 0 aliphatic heterocycles. The van der Waals surface area contributed by atoms with Gasteiger partial charge in [-0.2, -0.15) is 0 Å². The average Bonchev–Trinajstić information content (AvgIpc) is 2.67. The van der Waals surface area contributed by atoms with Gasteiger partial charge in [-0.3, -0.25) is 0 Å². The highest BCUT2D eigenvalue weighted by atomic mass is 79.9. The molecule has 16 heavy (non-hydrogen) atoms. The third kappa shape index (κ3) is 1.94. The fourth-order valence-corrected chi connectivity index (χ4v) is 2.13. The summed E-state index contributed by atoms with van der Waals surface area (Å²) >= 11 is 3.41. The van der Waals surface area contributed by atoms with Crippen LogP contribution in [0.5, 0.6) is 5.75 Å². The first-order chi connectivity index (χ1) is 7.77. The largest absolute Gasteiger partial charge is 0.493 e. The quantitative estimate of drug-likeness (QED) is 0.806. The lowest BCUT2D eigenvalue weighted by Gasteiger charge is -2.05. The van der Waals surface area contributed by atoms with Crippen LogP contribution >= 0.6 is 15.9 Å². The van der Waals surface area contributed by atoms with E-state index in [0.717, 1.165) is 39.7 Å². The van der Waals surface area contributed by atoms with Gasteiger partial charge >= 0.3 is 0 Å². The molecule has 0 aliphatic rings. The van der Waals surface area contributed by atoms with E-state index in [0.29, 0.717) is 6.61 Å². The summed E-state index contributed by atoms with van der Waals surface area (Å²) in [6, 6.07) is 4.00. The Hall–Kier alpha value is -1.03. The van der Waals surface area contributed by atoms with E-state index in [1.165, 1.54) is 0 Å². The van der Waals surface area contributed by atoms with Crippen LogP contribution in [0, 0.1) is 6.92 Å². The van der Waals surface area contributed by atoms with Crippen molar-refractivity contribution in [2.75, 3.05) is 11.9 Å². The van der Waals surface area contributed by atoms with Crippen molar-refractivity contribution < 1.29 is 9.26 Å². The molecule has 0 radical (unpaired) electrons. The number of rotatable bonds is 4. The van der Waals surface area contributed by atoms with Gasteiger partial charge in [0, 0.05) is 22.7 Å². The highest BCUT2D eigenvalue weighted by Crippen LogP contribution is 2.29. The Morgan fingerprint density at radius 1 is 1.44 bits per heavy atom. The fraction of sp³-hybridized carbons (Fsp3) is 0.417. The zero-order valence-corrected chi connectivity index (χ0v) is 11.0. The van der Waals surface area contributed by atoms with Crippen molar-refractivity contribution in [3.63, 3.8) is 0 Å². The van der Waals surface area contributed by atoms with Crippen LogP contribution < -0.4 is 4.74 Å². The van der Waals surface area contributed by atoms with Crippen LogP contribution in [0.1, 0.15) is 18.2 Å². The molecule has 0 fully saturated rings. The zero-order chi connectivity index (χ0) is 11.5. The zero-order valence-electron chi connectivity index (χ0n) is 9.42. The van der Waals surface area contributed by atoms with Gasteiger partial charge in [0.25, 0.3) is 0 Å². The van der Waals surface area contributed by atoms with Gasteiger partial charge in [0.1, 0.15) is 5.75 Å². The first-order valence-corrected chi connectivity index (χ1v) is 6.46. The predicted molar refractivity (Wildman–Crippen MR) is 67.4 cm³/mol. The summed E-state index contributed by atoms with van der Waals surface area (Å²) in [5, 5.41) is 6.06. The Balaban J connectivity index is 2.50. The van der Waals surface area contributed by atoms with Crippen molar-refractivity contribution in [1.82, 2.24) is 5.16 Å². The van der Waals surface area contributed by atoms with E-state index in [2.05, 4.69) is 21.1 Å². The van der Waals surface area contributed by atoms with Crippen LogP contribution in [0.4, 0.5) is 0 Å². The van der Waals surface area contributed by atoms with Crippen LogP contribution in [-0.4, -0.2) is 17.1 Å². The maximum absolute atomic E-state index is 5.52. The second kappa shape index (κ2) is 4.87. The summed E-state index contributed by atoms with van der Waals surface area (Å²) in [7, 11) is 0. The van der Waals surface area contributed by atoms with Crippen LogP contribution in [0.25, 0.3) is 11.0 Å². The minimum absolute atomic E-state index is 0.661. The van der Waals surface area contributed by atoms with Gasteiger partial charge in [-0.25, -0.2) is 0 Å². The summed E-state index contributed by atoms with van der Waals surface area (Å²) < 4.78 is 10.9. The van der Waals surface area contributed by atoms with Gasteiger partial charge in [0.05, 0.1) is 12.3 Å². The van der Waals surface area contributed by atoms with Crippen molar-refractivity contribution in [2.24, 2.45) is 0 Å². The molecule has 0 spiro atoms. The summed E-state index contributed by atoms with van der Waals surface area (Å²) in [6.45, 7) is 4.63. The fourth-order valence-electron chi connectivity index (χ4n) is 1.75. The number of aromatic nitrogens is 1. The number of aryl methyl sites for hydroxylation is 2. The molecule has 1 aromatic carbocycles. The van der Waals surface area contributed by atoms with Gasteiger partial charge < -0.3 is 9.26 Å². The van der Waals surface area contributed by atoms with Crippen LogP contribution in [0.3, 0.4) is 0 Å². The Labute approximate surface area is 103 Å². The summed E-state index contributed by atoms with van der Waals surface area (Å²) in [6.07, 6.45) is 0.875. The third-order valence-electron chi connectivity index (χ3n) is 2.55. The second-order valence-corrected chi connectivity index (χ2v) is 4.36. The molecular weight excluding hydrogens is 270 g/mol. The van der Waals surface area contributed by atoms with Gasteiger partial charge in [-0.05, 0) is 26.0 Å². The topological polar surface area (TPSA) is 35.3 Å². The molecule has 0 amide bonds. The molecule has 0 bridgehead atoms. The molecule has 0 atom stereocenters. The Morgan fingerprint density at radius 2 is 2.25 bits per heavy atom. The third-order valence-corrected chi connectivity index (χ3v) is 2.94. The minimum atomic E-state index is 0.661. The molecule has 2 rings (SSSR count). The summed E-state index contributed by atoms with van der Waals surface area (Å²) in [4.78, 5) is 0. The van der Waals surface area contributed by atoms with Crippen molar-refractivity contribution in [2.45, 2.75) is 20.3 Å². The van der Waals surface area contributed by atoms with Crippen LogP contribution in [0.2, 0.25) is 0 Å². The highest BCUT2D eigenvalue weighted by Gasteiger charge is 2.12.